The average Bonchev–Trinajstić information content (AvgIpc) is 3.35. The lowest BCUT2D eigenvalue weighted by Gasteiger charge is -2.30. The van der Waals surface area contributed by atoms with Crippen LogP contribution in [0.1, 0.15) is 42.7 Å². The van der Waals surface area contributed by atoms with Gasteiger partial charge in [0.05, 0.1) is 0 Å². The molecule has 29 heavy (non-hydrogen) atoms. The average molecular weight is 418 g/mol. The minimum Gasteiger partial charge on any atom is -0.356 e. The third kappa shape index (κ3) is 7.12. The fourth-order valence-electron chi connectivity index (χ4n) is 3.47. The highest BCUT2D eigenvalue weighted by molar-refractivity contribution is 7.09. The van der Waals surface area contributed by atoms with Crippen LogP contribution >= 0.6 is 11.3 Å². The van der Waals surface area contributed by atoms with Gasteiger partial charge in [0.15, 0.2) is 11.8 Å². The molecule has 1 aliphatic heterocycles. The summed E-state index contributed by atoms with van der Waals surface area (Å²) in [4.78, 5) is 8.72. The van der Waals surface area contributed by atoms with Crippen LogP contribution in [-0.2, 0) is 20.0 Å². The molecule has 2 aromatic rings. The Morgan fingerprint density at radius 2 is 2.03 bits per heavy atom. The van der Waals surface area contributed by atoms with Crippen LogP contribution in [0.5, 0.6) is 0 Å². The van der Waals surface area contributed by atoms with Gasteiger partial charge in [0.2, 0.25) is 0 Å². The van der Waals surface area contributed by atoms with Crippen LogP contribution in [0.25, 0.3) is 0 Å². The van der Waals surface area contributed by atoms with Crippen LogP contribution in [0.4, 0.5) is 0 Å². The van der Waals surface area contributed by atoms with Gasteiger partial charge in [-0.05, 0) is 69.6 Å². The lowest BCUT2D eigenvalue weighted by Crippen LogP contribution is -2.40. The normalized spacial score (nSPS) is 16.3. The molecule has 1 fully saturated rings. The van der Waals surface area contributed by atoms with Gasteiger partial charge in [0, 0.05) is 25.0 Å². The summed E-state index contributed by atoms with van der Waals surface area (Å²) in [6, 6.07) is 4.28. The summed E-state index contributed by atoms with van der Waals surface area (Å²) in [5.41, 5.74) is 0. The van der Waals surface area contributed by atoms with Gasteiger partial charge in [0.25, 0.3) is 0 Å². The molecule has 1 aliphatic rings. The van der Waals surface area contributed by atoms with Crippen molar-refractivity contribution in [2.24, 2.45) is 18.0 Å². The highest BCUT2D eigenvalue weighted by Gasteiger charge is 2.14. The number of piperidine rings is 1. The van der Waals surface area contributed by atoms with Gasteiger partial charge < -0.3 is 20.1 Å². The molecule has 7 nitrogen and oxygen atoms in total. The first-order valence-electron chi connectivity index (χ1n) is 10.7. The Kier molecular flexibility index (Phi) is 8.49. The molecule has 0 amide bonds. The fraction of sp³-hybridized carbons (Fsp3) is 0.667. The predicted octanol–water partition coefficient (Wildman–Crippen LogP) is 2.58. The van der Waals surface area contributed by atoms with E-state index in [1.165, 1.54) is 30.8 Å². The molecule has 0 radical (unpaired) electrons. The zero-order valence-corrected chi connectivity index (χ0v) is 18.8. The molecule has 3 heterocycles. The summed E-state index contributed by atoms with van der Waals surface area (Å²) in [6.45, 7) is 10.3. The minimum atomic E-state index is 0.524. The van der Waals surface area contributed by atoms with Crippen molar-refractivity contribution >= 4 is 17.3 Å². The van der Waals surface area contributed by atoms with E-state index >= 15 is 0 Å². The fourth-order valence-corrected chi connectivity index (χ4v) is 4.18. The number of aliphatic imine (C=N–C) groups is 1. The molecular formula is C21H35N7S. The molecule has 0 unspecified atom stereocenters. The van der Waals surface area contributed by atoms with Crippen LogP contribution in [0.3, 0.4) is 0 Å². The summed E-state index contributed by atoms with van der Waals surface area (Å²) in [5.74, 6) is 3.53. The molecule has 2 N–H and O–H groups in total. The Balaban J connectivity index is 1.46. The summed E-state index contributed by atoms with van der Waals surface area (Å²) in [6.07, 6.45) is 4.81. The minimum absolute atomic E-state index is 0.524. The number of hydrogen-bond donors (Lipinski definition) is 2. The first-order valence-corrected chi connectivity index (χ1v) is 11.6. The standard InChI is InChI=1S/C21H35N7S/c1-17-8-13-28(14-9-17)12-5-10-22-21(23-11-7-19-6-4-15-29-19)24-16-20-26-25-18(2)27(20)3/h4,6,15,17H,5,7-14,16H2,1-3H3,(H2,22,23,24). The number of nitrogens with one attached hydrogen (secondary N) is 2. The maximum absolute atomic E-state index is 4.74. The van der Waals surface area contributed by atoms with Crippen molar-refractivity contribution in [1.29, 1.82) is 0 Å². The second-order valence-corrected chi connectivity index (χ2v) is 8.98. The van der Waals surface area contributed by atoms with Crippen LogP contribution < -0.4 is 10.6 Å². The largest absolute Gasteiger partial charge is 0.356 e. The molecular weight excluding hydrogens is 382 g/mol. The summed E-state index contributed by atoms with van der Waals surface area (Å²) in [7, 11) is 1.98. The maximum Gasteiger partial charge on any atom is 0.191 e. The van der Waals surface area contributed by atoms with E-state index in [0.29, 0.717) is 6.54 Å². The van der Waals surface area contributed by atoms with E-state index in [1.807, 2.05) is 18.5 Å². The Labute approximate surface area is 178 Å². The smallest absolute Gasteiger partial charge is 0.191 e. The van der Waals surface area contributed by atoms with E-state index in [-0.39, 0.29) is 0 Å². The summed E-state index contributed by atoms with van der Waals surface area (Å²) < 4.78 is 1.99. The number of aromatic nitrogens is 3. The number of thiophene rings is 1. The SMILES string of the molecule is Cc1nnc(CN=C(NCCCN2CCC(C)CC2)NCCc2cccs2)n1C. The number of hydrogen-bond acceptors (Lipinski definition) is 5. The first-order chi connectivity index (χ1) is 14.1. The van der Waals surface area contributed by atoms with Crippen LogP contribution in [-0.4, -0.2) is 58.3 Å². The van der Waals surface area contributed by atoms with Gasteiger partial charge in [-0.25, -0.2) is 4.99 Å². The molecule has 1 saturated heterocycles. The molecule has 160 valence electrons. The molecule has 0 atom stereocenters. The van der Waals surface area contributed by atoms with E-state index in [2.05, 4.69) is 50.2 Å². The highest BCUT2D eigenvalue weighted by atomic mass is 32.1. The molecule has 0 spiro atoms. The van der Waals surface area contributed by atoms with E-state index in [0.717, 1.165) is 56.0 Å². The van der Waals surface area contributed by atoms with Crippen LogP contribution in [0, 0.1) is 12.8 Å². The van der Waals surface area contributed by atoms with Crippen molar-refractivity contribution in [2.45, 2.75) is 46.1 Å². The molecule has 0 bridgehead atoms. The quantitative estimate of drug-likeness (QED) is 0.373. The van der Waals surface area contributed by atoms with Crippen molar-refractivity contribution in [1.82, 2.24) is 30.3 Å². The molecule has 0 aliphatic carbocycles. The second-order valence-electron chi connectivity index (χ2n) is 7.95. The van der Waals surface area contributed by atoms with Crippen LogP contribution in [0.2, 0.25) is 0 Å². The van der Waals surface area contributed by atoms with Crippen LogP contribution in [0.15, 0.2) is 22.5 Å². The summed E-state index contributed by atoms with van der Waals surface area (Å²) >= 11 is 1.80. The van der Waals surface area contributed by atoms with E-state index in [4.69, 9.17) is 4.99 Å². The van der Waals surface area contributed by atoms with Crippen molar-refractivity contribution in [3.63, 3.8) is 0 Å². The molecule has 8 heteroatoms. The Bertz CT molecular complexity index is 745. The topological polar surface area (TPSA) is 70.4 Å². The monoisotopic (exact) mass is 417 g/mol. The number of aryl methyl sites for hydroxylation is 1. The lowest BCUT2D eigenvalue weighted by molar-refractivity contribution is 0.191. The van der Waals surface area contributed by atoms with Crippen molar-refractivity contribution in [3.8, 4) is 0 Å². The van der Waals surface area contributed by atoms with Crippen molar-refractivity contribution in [2.75, 3.05) is 32.7 Å². The zero-order chi connectivity index (χ0) is 20.5. The third-order valence-electron chi connectivity index (χ3n) is 5.63. The van der Waals surface area contributed by atoms with Crippen molar-refractivity contribution < 1.29 is 0 Å². The van der Waals surface area contributed by atoms with E-state index in [1.54, 1.807) is 11.3 Å². The molecule has 0 saturated carbocycles. The number of likely N-dealkylation sites (tertiary alicyclic amines) is 1. The molecule has 3 rings (SSSR count). The van der Waals surface area contributed by atoms with E-state index in [9.17, 15) is 0 Å². The Hall–Kier alpha value is -1.93. The predicted molar refractivity (Wildman–Crippen MR) is 120 cm³/mol. The van der Waals surface area contributed by atoms with Gasteiger partial charge in [-0.15, -0.1) is 21.5 Å². The third-order valence-corrected chi connectivity index (χ3v) is 6.56. The van der Waals surface area contributed by atoms with E-state index < -0.39 is 0 Å². The molecule has 2 aromatic heterocycles. The maximum atomic E-state index is 4.74. The molecule has 0 aromatic carbocycles. The number of rotatable bonds is 9. The number of nitrogens with zero attached hydrogens (tertiary/aromatic N) is 5. The second kappa shape index (κ2) is 11.3. The van der Waals surface area contributed by atoms with Crippen molar-refractivity contribution in [3.05, 3.63) is 34.0 Å². The zero-order valence-electron chi connectivity index (χ0n) is 18.0. The Morgan fingerprint density at radius 3 is 2.72 bits per heavy atom. The number of guanidine groups is 1. The lowest BCUT2D eigenvalue weighted by atomic mass is 9.99. The Morgan fingerprint density at radius 1 is 1.24 bits per heavy atom. The highest BCUT2D eigenvalue weighted by Crippen LogP contribution is 2.15. The van der Waals surface area contributed by atoms with Gasteiger partial charge in [-0.1, -0.05) is 13.0 Å². The van der Waals surface area contributed by atoms with Gasteiger partial charge in [-0.2, -0.15) is 0 Å². The summed E-state index contributed by atoms with van der Waals surface area (Å²) in [5, 5.41) is 17.4. The van der Waals surface area contributed by atoms with Gasteiger partial charge in [0.1, 0.15) is 12.4 Å². The first kappa shape index (κ1) is 21.8. The van der Waals surface area contributed by atoms with Gasteiger partial charge >= 0.3 is 0 Å². The van der Waals surface area contributed by atoms with Gasteiger partial charge in [-0.3, -0.25) is 0 Å².